The molecule has 2 aromatic rings. The normalized spacial score (nSPS) is 12.8. The number of ether oxygens (including phenoxy) is 2. The molecular formula is C16H14BrNO3. The van der Waals surface area contributed by atoms with E-state index in [9.17, 15) is 4.79 Å². The van der Waals surface area contributed by atoms with Crippen LogP contribution in [0.1, 0.15) is 10.4 Å². The molecule has 0 unspecified atom stereocenters. The Labute approximate surface area is 131 Å². The van der Waals surface area contributed by atoms with Crippen LogP contribution in [0.3, 0.4) is 0 Å². The van der Waals surface area contributed by atoms with Crippen LogP contribution < -0.4 is 14.8 Å². The van der Waals surface area contributed by atoms with Crippen molar-refractivity contribution in [2.75, 3.05) is 25.1 Å². The molecule has 0 saturated heterocycles. The Balaban J connectivity index is 1.68. The number of Topliss-reactive ketones (excluding diaryl/α,β-unsaturated/α-hetero) is 1. The molecule has 1 aliphatic heterocycles. The summed E-state index contributed by atoms with van der Waals surface area (Å²) in [6.07, 6.45) is 0. The highest BCUT2D eigenvalue weighted by atomic mass is 79.9. The summed E-state index contributed by atoms with van der Waals surface area (Å²) in [6.45, 7) is 1.29. The third-order valence-electron chi connectivity index (χ3n) is 3.14. The molecule has 108 valence electrons. The van der Waals surface area contributed by atoms with Gasteiger partial charge in [-0.2, -0.15) is 0 Å². The molecule has 2 aromatic carbocycles. The number of anilines is 1. The van der Waals surface area contributed by atoms with Gasteiger partial charge in [0.05, 0.1) is 6.54 Å². The molecule has 4 nitrogen and oxygen atoms in total. The standard InChI is InChI=1S/C16H14BrNO3/c17-12-2-1-3-13(9-12)18-10-14(19)11-4-5-15-16(8-11)21-7-6-20-15/h1-5,8-9,18H,6-7,10H2. The lowest BCUT2D eigenvalue weighted by Gasteiger charge is -2.18. The molecule has 0 amide bonds. The summed E-state index contributed by atoms with van der Waals surface area (Å²) in [5.41, 5.74) is 1.51. The Morgan fingerprint density at radius 2 is 1.90 bits per heavy atom. The van der Waals surface area contributed by atoms with E-state index in [2.05, 4.69) is 21.2 Å². The average molecular weight is 348 g/mol. The minimum absolute atomic E-state index is 0.00643. The van der Waals surface area contributed by atoms with Crippen molar-refractivity contribution in [2.24, 2.45) is 0 Å². The maximum atomic E-state index is 12.2. The number of benzene rings is 2. The molecule has 0 radical (unpaired) electrons. The molecule has 5 heteroatoms. The lowest BCUT2D eigenvalue weighted by Crippen LogP contribution is -2.17. The monoisotopic (exact) mass is 347 g/mol. The lowest BCUT2D eigenvalue weighted by molar-refractivity contribution is 0.100. The smallest absolute Gasteiger partial charge is 0.181 e. The predicted octanol–water partition coefficient (Wildman–Crippen LogP) is 3.52. The minimum atomic E-state index is 0.00643. The topological polar surface area (TPSA) is 47.6 Å². The van der Waals surface area contributed by atoms with E-state index in [1.165, 1.54) is 0 Å². The van der Waals surface area contributed by atoms with Gasteiger partial charge < -0.3 is 14.8 Å². The van der Waals surface area contributed by atoms with Gasteiger partial charge in [0, 0.05) is 15.7 Å². The number of halogens is 1. The molecule has 0 spiro atoms. The SMILES string of the molecule is O=C(CNc1cccc(Br)c1)c1ccc2c(c1)OCCO2. The van der Waals surface area contributed by atoms with E-state index in [0.717, 1.165) is 10.2 Å². The number of rotatable bonds is 4. The van der Waals surface area contributed by atoms with Gasteiger partial charge in [-0.15, -0.1) is 0 Å². The summed E-state index contributed by atoms with van der Waals surface area (Å²) in [7, 11) is 0. The van der Waals surface area contributed by atoms with Crippen molar-refractivity contribution in [3.63, 3.8) is 0 Å². The maximum Gasteiger partial charge on any atom is 0.181 e. The second-order valence-electron chi connectivity index (χ2n) is 4.65. The number of carbonyl (C=O) groups is 1. The van der Waals surface area contributed by atoms with E-state index in [4.69, 9.17) is 9.47 Å². The van der Waals surface area contributed by atoms with Gasteiger partial charge in [-0.3, -0.25) is 4.79 Å². The first-order valence-corrected chi connectivity index (χ1v) is 7.44. The van der Waals surface area contributed by atoms with Crippen LogP contribution in [0.5, 0.6) is 11.5 Å². The predicted molar refractivity (Wildman–Crippen MR) is 84.4 cm³/mol. The van der Waals surface area contributed by atoms with Crippen LogP contribution in [-0.4, -0.2) is 25.5 Å². The molecule has 0 saturated carbocycles. The fourth-order valence-electron chi connectivity index (χ4n) is 2.10. The highest BCUT2D eigenvalue weighted by Gasteiger charge is 2.14. The van der Waals surface area contributed by atoms with Gasteiger partial charge in [-0.25, -0.2) is 0 Å². The first-order valence-electron chi connectivity index (χ1n) is 6.65. The molecule has 0 aromatic heterocycles. The second kappa shape index (κ2) is 6.18. The average Bonchev–Trinajstić information content (AvgIpc) is 2.52. The summed E-state index contributed by atoms with van der Waals surface area (Å²) < 4.78 is 11.9. The van der Waals surface area contributed by atoms with Gasteiger partial charge in [0.1, 0.15) is 13.2 Å². The van der Waals surface area contributed by atoms with Gasteiger partial charge in [0.2, 0.25) is 0 Å². The van der Waals surface area contributed by atoms with Gasteiger partial charge >= 0.3 is 0 Å². The van der Waals surface area contributed by atoms with E-state index in [1.807, 2.05) is 24.3 Å². The fourth-order valence-corrected chi connectivity index (χ4v) is 2.50. The zero-order valence-electron chi connectivity index (χ0n) is 11.3. The Bertz CT molecular complexity index is 672. The Morgan fingerprint density at radius 3 is 2.71 bits per heavy atom. The van der Waals surface area contributed by atoms with E-state index in [0.29, 0.717) is 30.3 Å². The van der Waals surface area contributed by atoms with Crippen molar-refractivity contribution >= 4 is 27.4 Å². The zero-order chi connectivity index (χ0) is 14.7. The number of ketones is 1. The van der Waals surface area contributed by atoms with Crippen LogP contribution in [0.2, 0.25) is 0 Å². The van der Waals surface area contributed by atoms with Gasteiger partial charge in [-0.1, -0.05) is 22.0 Å². The van der Waals surface area contributed by atoms with E-state index in [-0.39, 0.29) is 12.3 Å². The fraction of sp³-hybridized carbons (Fsp3) is 0.188. The minimum Gasteiger partial charge on any atom is -0.486 e. The van der Waals surface area contributed by atoms with E-state index < -0.39 is 0 Å². The van der Waals surface area contributed by atoms with Gasteiger partial charge in [0.15, 0.2) is 17.3 Å². The Morgan fingerprint density at radius 1 is 1.10 bits per heavy atom. The van der Waals surface area contributed by atoms with Crippen molar-refractivity contribution in [3.05, 3.63) is 52.5 Å². The van der Waals surface area contributed by atoms with Crippen LogP contribution in [-0.2, 0) is 0 Å². The number of hydrogen-bond acceptors (Lipinski definition) is 4. The van der Waals surface area contributed by atoms with Gasteiger partial charge in [0.25, 0.3) is 0 Å². The zero-order valence-corrected chi connectivity index (χ0v) is 12.9. The van der Waals surface area contributed by atoms with Crippen molar-refractivity contribution in [1.82, 2.24) is 0 Å². The molecule has 3 rings (SSSR count). The largest absolute Gasteiger partial charge is 0.486 e. The van der Waals surface area contributed by atoms with Crippen LogP contribution >= 0.6 is 15.9 Å². The van der Waals surface area contributed by atoms with Gasteiger partial charge in [-0.05, 0) is 36.4 Å². The van der Waals surface area contributed by atoms with Crippen LogP contribution in [0.15, 0.2) is 46.9 Å². The van der Waals surface area contributed by atoms with Crippen molar-refractivity contribution in [2.45, 2.75) is 0 Å². The lowest BCUT2D eigenvalue weighted by atomic mass is 10.1. The van der Waals surface area contributed by atoms with Crippen molar-refractivity contribution in [3.8, 4) is 11.5 Å². The second-order valence-corrected chi connectivity index (χ2v) is 5.56. The summed E-state index contributed by atoms with van der Waals surface area (Å²) in [4.78, 5) is 12.2. The summed E-state index contributed by atoms with van der Waals surface area (Å²) >= 11 is 3.40. The Hall–Kier alpha value is -2.01. The quantitative estimate of drug-likeness (QED) is 0.859. The first-order chi connectivity index (χ1) is 10.2. The van der Waals surface area contributed by atoms with Crippen LogP contribution in [0, 0.1) is 0 Å². The van der Waals surface area contributed by atoms with Crippen molar-refractivity contribution in [1.29, 1.82) is 0 Å². The number of hydrogen-bond donors (Lipinski definition) is 1. The third-order valence-corrected chi connectivity index (χ3v) is 3.64. The molecule has 0 atom stereocenters. The molecule has 1 heterocycles. The molecule has 0 fully saturated rings. The number of fused-ring (bicyclic) bond motifs is 1. The van der Waals surface area contributed by atoms with Crippen LogP contribution in [0.25, 0.3) is 0 Å². The molecule has 0 aliphatic carbocycles. The highest BCUT2D eigenvalue weighted by molar-refractivity contribution is 9.10. The first kappa shape index (κ1) is 13.9. The molecular weight excluding hydrogens is 334 g/mol. The summed E-state index contributed by atoms with van der Waals surface area (Å²) in [5.74, 6) is 1.33. The maximum absolute atomic E-state index is 12.2. The van der Waals surface area contributed by atoms with E-state index in [1.54, 1.807) is 18.2 Å². The van der Waals surface area contributed by atoms with Crippen molar-refractivity contribution < 1.29 is 14.3 Å². The van der Waals surface area contributed by atoms with E-state index >= 15 is 0 Å². The molecule has 1 aliphatic rings. The Kier molecular flexibility index (Phi) is 4.10. The van der Waals surface area contributed by atoms with Crippen LogP contribution in [0.4, 0.5) is 5.69 Å². The number of carbonyl (C=O) groups excluding carboxylic acids is 1. The number of nitrogens with one attached hydrogen (secondary N) is 1. The molecule has 0 bridgehead atoms. The summed E-state index contributed by atoms with van der Waals surface area (Å²) in [5, 5.41) is 3.11. The molecule has 1 N–H and O–H groups in total. The highest BCUT2D eigenvalue weighted by Crippen LogP contribution is 2.30. The summed E-state index contributed by atoms with van der Waals surface area (Å²) in [6, 6.07) is 13.0. The molecule has 21 heavy (non-hydrogen) atoms. The third kappa shape index (κ3) is 3.36.